The number of hydrogen-bond donors (Lipinski definition) is 1. The number of amides is 1. The quantitative estimate of drug-likeness (QED) is 0.290. The zero-order chi connectivity index (χ0) is 23.3. The van der Waals surface area contributed by atoms with Gasteiger partial charge in [-0.05, 0) is 37.0 Å². The highest BCUT2D eigenvalue weighted by Crippen LogP contribution is 2.33. The van der Waals surface area contributed by atoms with Crippen molar-refractivity contribution in [3.8, 4) is 0 Å². The molecule has 6 nitrogen and oxygen atoms in total. The topological polar surface area (TPSA) is 66.7 Å². The van der Waals surface area contributed by atoms with Gasteiger partial charge in [0.2, 0.25) is 0 Å². The number of nitrogens with zero attached hydrogens (tertiary/aromatic N) is 3. The highest BCUT2D eigenvalue weighted by molar-refractivity contribution is 8.26. The Morgan fingerprint density at radius 3 is 2.66 bits per heavy atom. The van der Waals surface area contributed by atoms with E-state index in [1.54, 1.807) is 17.2 Å². The first-order valence-electron chi connectivity index (χ1n) is 11.3. The van der Waals surface area contributed by atoms with E-state index >= 15 is 0 Å². The van der Waals surface area contributed by atoms with Gasteiger partial charge in [0, 0.05) is 19.3 Å². The van der Waals surface area contributed by atoms with E-state index in [0.717, 1.165) is 18.4 Å². The van der Waals surface area contributed by atoms with Crippen LogP contribution in [0.3, 0.4) is 0 Å². The molecule has 3 heterocycles. The summed E-state index contributed by atoms with van der Waals surface area (Å²) in [6.45, 7) is 9.60. The van der Waals surface area contributed by atoms with Crippen LogP contribution in [0.15, 0.2) is 28.0 Å². The number of aromatic nitrogens is 2. The van der Waals surface area contributed by atoms with Crippen LogP contribution in [0.5, 0.6) is 0 Å². The monoisotopic (exact) mass is 472 g/mol. The summed E-state index contributed by atoms with van der Waals surface area (Å²) < 4.78 is 2.09. The third-order valence-electron chi connectivity index (χ3n) is 5.32. The molecule has 32 heavy (non-hydrogen) atoms. The van der Waals surface area contributed by atoms with Gasteiger partial charge in [-0.1, -0.05) is 76.5 Å². The standard InChI is InChI=1S/C24H32N4O2S2/c1-5-6-7-8-9-12-27-23(30)19(32-24(27)31)13-18-21(25-14-16(2)3)26-20-11-10-17(4)15-28(20)22(18)29/h10-11,13,15-16,25H,5-9,12,14H2,1-4H3/b19-13-. The van der Waals surface area contributed by atoms with Crippen LogP contribution in [0.1, 0.15) is 64.0 Å². The summed E-state index contributed by atoms with van der Waals surface area (Å²) in [4.78, 5) is 33.2. The number of thiocarbonyl (C=S) groups is 1. The van der Waals surface area contributed by atoms with E-state index in [4.69, 9.17) is 12.2 Å². The molecule has 1 fully saturated rings. The Kier molecular flexibility index (Phi) is 8.48. The number of carbonyl (C=O) groups is 1. The fourth-order valence-corrected chi connectivity index (χ4v) is 4.81. The highest BCUT2D eigenvalue weighted by Gasteiger charge is 2.32. The third-order valence-corrected chi connectivity index (χ3v) is 6.70. The van der Waals surface area contributed by atoms with E-state index < -0.39 is 0 Å². The first-order valence-corrected chi connectivity index (χ1v) is 12.6. The van der Waals surface area contributed by atoms with Gasteiger partial charge in [0.05, 0.1) is 10.5 Å². The maximum Gasteiger partial charge on any atom is 0.267 e. The zero-order valence-electron chi connectivity index (χ0n) is 19.3. The molecule has 1 N–H and O–H groups in total. The van der Waals surface area contributed by atoms with Crippen LogP contribution in [0.25, 0.3) is 11.7 Å². The lowest BCUT2D eigenvalue weighted by molar-refractivity contribution is -0.122. The second-order valence-corrected chi connectivity index (χ2v) is 10.3. The van der Waals surface area contributed by atoms with Gasteiger partial charge in [-0.15, -0.1) is 0 Å². The number of anilines is 1. The lowest BCUT2D eigenvalue weighted by Gasteiger charge is -2.14. The van der Waals surface area contributed by atoms with Crippen LogP contribution < -0.4 is 10.9 Å². The summed E-state index contributed by atoms with van der Waals surface area (Å²) in [5.41, 5.74) is 1.72. The van der Waals surface area contributed by atoms with Crippen molar-refractivity contribution in [2.75, 3.05) is 18.4 Å². The molecule has 1 aliphatic rings. The smallest absolute Gasteiger partial charge is 0.267 e. The number of hydrogen-bond acceptors (Lipinski definition) is 6. The molecule has 0 atom stereocenters. The molecule has 0 aliphatic carbocycles. The molecule has 0 radical (unpaired) electrons. The van der Waals surface area contributed by atoms with E-state index in [1.807, 2.05) is 19.1 Å². The van der Waals surface area contributed by atoms with Crippen molar-refractivity contribution < 1.29 is 4.79 Å². The lowest BCUT2D eigenvalue weighted by atomic mass is 10.1. The first-order chi connectivity index (χ1) is 15.3. The molecule has 0 aromatic carbocycles. The molecule has 1 aliphatic heterocycles. The van der Waals surface area contributed by atoms with Crippen LogP contribution in [0.4, 0.5) is 5.82 Å². The predicted octanol–water partition coefficient (Wildman–Crippen LogP) is 5.24. The fraction of sp³-hybridized carbons (Fsp3) is 0.500. The molecule has 2 aromatic rings. The Hall–Kier alpha value is -2.19. The van der Waals surface area contributed by atoms with Gasteiger partial charge in [-0.25, -0.2) is 4.98 Å². The summed E-state index contributed by atoms with van der Waals surface area (Å²) in [5.74, 6) is 0.753. The number of aryl methyl sites for hydroxylation is 1. The normalized spacial score (nSPS) is 15.5. The molecule has 1 saturated heterocycles. The fourth-order valence-electron chi connectivity index (χ4n) is 3.52. The summed E-state index contributed by atoms with van der Waals surface area (Å²) in [7, 11) is 0. The second-order valence-electron chi connectivity index (χ2n) is 8.64. The number of unbranched alkanes of at least 4 members (excludes halogenated alkanes) is 4. The van der Waals surface area contributed by atoms with Gasteiger partial charge in [-0.3, -0.25) is 18.9 Å². The third kappa shape index (κ3) is 5.78. The van der Waals surface area contributed by atoms with Gasteiger partial charge >= 0.3 is 0 Å². The van der Waals surface area contributed by atoms with Crippen molar-refractivity contribution in [2.24, 2.45) is 5.92 Å². The van der Waals surface area contributed by atoms with E-state index in [0.29, 0.717) is 45.3 Å². The number of pyridine rings is 1. The molecule has 0 unspecified atom stereocenters. The summed E-state index contributed by atoms with van der Waals surface area (Å²) in [6, 6.07) is 3.76. The van der Waals surface area contributed by atoms with Crippen molar-refractivity contribution in [1.82, 2.24) is 14.3 Å². The molecule has 0 saturated carbocycles. The molecule has 0 spiro atoms. The Labute approximate surface area is 199 Å². The molecular formula is C24H32N4O2S2. The van der Waals surface area contributed by atoms with Gasteiger partial charge in [0.1, 0.15) is 15.8 Å². The van der Waals surface area contributed by atoms with Crippen LogP contribution in [-0.2, 0) is 4.79 Å². The van der Waals surface area contributed by atoms with Crippen molar-refractivity contribution in [3.63, 3.8) is 0 Å². The highest BCUT2D eigenvalue weighted by atomic mass is 32.2. The number of fused-ring (bicyclic) bond motifs is 1. The number of rotatable bonds is 10. The Morgan fingerprint density at radius 2 is 1.94 bits per heavy atom. The lowest BCUT2D eigenvalue weighted by Crippen LogP contribution is -2.29. The van der Waals surface area contributed by atoms with Gasteiger partial charge < -0.3 is 5.32 Å². The summed E-state index contributed by atoms with van der Waals surface area (Å²) >= 11 is 6.73. The molecule has 2 aromatic heterocycles. The summed E-state index contributed by atoms with van der Waals surface area (Å²) in [5, 5.41) is 3.29. The van der Waals surface area contributed by atoms with Crippen molar-refractivity contribution in [1.29, 1.82) is 0 Å². The van der Waals surface area contributed by atoms with Gasteiger partial charge in [0.25, 0.3) is 11.5 Å². The van der Waals surface area contributed by atoms with Crippen LogP contribution in [-0.4, -0.2) is 37.6 Å². The molecule has 0 bridgehead atoms. The minimum absolute atomic E-state index is 0.126. The minimum Gasteiger partial charge on any atom is -0.369 e. The van der Waals surface area contributed by atoms with Gasteiger partial charge in [-0.2, -0.15) is 0 Å². The minimum atomic E-state index is -0.199. The maximum atomic E-state index is 13.3. The zero-order valence-corrected chi connectivity index (χ0v) is 20.9. The Balaban J connectivity index is 1.92. The average molecular weight is 473 g/mol. The summed E-state index contributed by atoms with van der Waals surface area (Å²) in [6.07, 6.45) is 9.02. The molecular weight excluding hydrogens is 440 g/mol. The van der Waals surface area contributed by atoms with E-state index in [-0.39, 0.29) is 11.5 Å². The van der Waals surface area contributed by atoms with E-state index in [1.165, 1.54) is 35.4 Å². The SMILES string of the molecule is CCCCCCCN1C(=O)/C(=C/c2c(NCC(C)C)nc3ccc(C)cn3c2=O)SC1=S. The Bertz CT molecular complexity index is 1090. The largest absolute Gasteiger partial charge is 0.369 e. The van der Waals surface area contributed by atoms with Crippen LogP contribution in [0.2, 0.25) is 0 Å². The van der Waals surface area contributed by atoms with Crippen molar-refractivity contribution in [2.45, 2.75) is 59.8 Å². The van der Waals surface area contributed by atoms with E-state index in [9.17, 15) is 9.59 Å². The van der Waals surface area contributed by atoms with E-state index in [2.05, 4.69) is 31.1 Å². The Morgan fingerprint density at radius 1 is 1.19 bits per heavy atom. The van der Waals surface area contributed by atoms with Crippen LogP contribution >= 0.6 is 24.0 Å². The number of thioether (sulfide) groups is 1. The van der Waals surface area contributed by atoms with Crippen molar-refractivity contribution >= 4 is 51.7 Å². The van der Waals surface area contributed by atoms with Gasteiger partial charge in [0.15, 0.2) is 0 Å². The van der Waals surface area contributed by atoms with Crippen LogP contribution in [0, 0.1) is 12.8 Å². The molecule has 1 amide bonds. The second kappa shape index (κ2) is 11.1. The molecule has 3 rings (SSSR count). The molecule has 172 valence electrons. The predicted molar refractivity (Wildman–Crippen MR) is 138 cm³/mol. The first kappa shape index (κ1) is 24.5. The number of carbonyl (C=O) groups excluding carboxylic acids is 1. The number of nitrogens with one attached hydrogen (secondary N) is 1. The average Bonchev–Trinajstić information content (AvgIpc) is 3.02. The van der Waals surface area contributed by atoms with Crippen molar-refractivity contribution in [3.05, 3.63) is 44.7 Å². The molecule has 8 heteroatoms. The maximum absolute atomic E-state index is 13.3.